The summed E-state index contributed by atoms with van der Waals surface area (Å²) in [5.41, 5.74) is -0.603. The summed E-state index contributed by atoms with van der Waals surface area (Å²) in [7, 11) is -17.2. The van der Waals surface area contributed by atoms with Crippen LogP contribution < -0.4 is 18.9 Å². The number of hydrogen-bond acceptors (Lipinski definition) is 12. The van der Waals surface area contributed by atoms with Crippen molar-refractivity contribution in [1.29, 1.82) is 0 Å². The molecule has 4 N–H and O–H groups in total. The molecule has 0 aromatic heterocycles. The Labute approximate surface area is 300 Å². The molecule has 4 atom stereocenters. The summed E-state index contributed by atoms with van der Waals surface area (Å²) >= 11 is 0. The van der Waals surface area contributed by atoms with Gasteiger partial charge in [-0.15, -0.1) is 0 Å². The van der Waals surface area contributed by atoms with Crippen LogP contribution in [0.25, 0.3) is 0 Å². The largest absolute Gasteiger partial charge is 0.269 e. The van der Waals surface area contributed by atoms with Crippen molar-refractivity contribution in [3.8, 4) is 0 Å². The maximum Gasteiger partial charge on any atom is 0.269 e. The monoisotopic (exact) mass is 800 g/mol. The first-order chi connectivity index (χ1) is 24.4. The van der Waals surface area contributed by atoms with Gasteiger partial charge >= 0.3 is 0 Å². The quantitative estimate of drug-likeness (QED) is 0.135. The number of benzene rings is 3. The van der Waals surface area contributed by atoms with Crippen LogP contribution in [0.1, 0.15) is 51.4 Å². The van der Waals surface area contributed by atoms with Gasteiger partial charge in [0.2, 0.25) is 40.1 Å². The molecule has 0 heterocycles. The van der Waals surface area contributed by atoms with Crippen LogP contribution in [-0.4, -0.2) is 67.7 Å². The Hall–Kier alpha value is -3.90. The predicted octanol–water partition coefficient (Wildman–Crippen LogP) is 2.64. The third-order valence-corrected chi connectivity index (χ3v) is 14.9. The van der Waals surface area contributed by atoms with Crippen molar-refractivity contribution in [2.75, 3.05) is 0 Å². The van der Waals surface area contributed by atoms with Crippen molar-refractivity contribution in [2.45, 2.75) is 95.1 Å². The summed E-state index contributed by atoms with van der Waals surface area (Å²) in [4.78, 5) is 19.3. The summed E-state index contributed by atoms with van der Waals surface area (Å²) in [6.07, 6.45) is 3.46. The third kappa shape index (κ3) is 9.36. The highest BCUT2D eigenvalue weighted by molar-refractivity contribution is 7.90. The van der Waals surface area contributed by atoms with Crippen molar-refractivity contribution >= 4 is 51.5 Å². The molecule has 0 bridgehead atoms. The first kappa shape index (κ1) is 39.3. The first-order valence-corrected chi connectivity index (χ1v) is 22.0. The summed E-state index contributed by atoms with van der Waals surface area (Å²) in [6.45, 7) is 0. The minimum absolute atomic E-state index is 0.241. The van der Waals surface area contributed by atoms with Crippen LogP contribution in [-0.2, 0) is 40.1 Å². The summed E-state index contributed by atoms with van der Waals surface area (Å²) in [6, 6.07) is 9.44. The van der Waals surface area contributed by atoms with Gasteiger partial charge in [-0.25, -0.2) is 52.6 Å². The molecule has 0 radical (unpaired) electrons. The average Bonchev–Trinajstić information content (AvgIpc) is 3.10. The van der Waals surface area contributed by atoms with E-state index in [9.17, 15) is 53.9 Å². The number of nitrogens with one attached hydrogen (secondary N) is 4. The van der Waals surface area contributed by atoms with E-state index in [1.807, 2.05) is 0 Å². The number of nitrogens with zero attached hydrogens (tertiary/aromatic N) is 2. The molecule has 2 aliphatic rings. The van der Waals surface area contributed by atoms with Gasteiger partial charge in [-0.1, -0.05) is 31.7 Å². The van der Waals surface area contributed by atoms with Gasteiger partial charge in [0.05, 0.1) is 29.4 Å². The van der Waals surface area contributed by atoms with E-state index in [2.05, 4.69) is 18.9 Å². The van der Waals surface area contributed by atoms with Crippen LogP contribution in [0.3, 0.4) is 0 Å². The van der Waals surface area contributed by atoms with Crippen LogP contribution in [0.2, 0.25) is 0 Å². The van der Waals surface area contributed by atoms with Crippen LogP contribution in [0.4, 0.5) is 11.4 Å². The molecule has 3 aromatic rings. The lowest BCUT2D eigenvalue weighted by atomic mass is 9.92. The molecule has 2 saturated carbocycles. The summed E-state index contributed by atoms with van der Waals surface area (Å²) in [5.74, 6) is 0. The van der Waals surface area contributed by atoms with Crippen molar-refractivity contribution in [3.63, 3.8) is 0 Å². The van der Waals surface area contributed by atoms with E-state index in [4.69, 9.17) is 0 Å². The summed E-state index contributed by atoms with van der Waals surface area (Å²) < 4.78 is 117. The Morgan fingerprint density at radius 2 is 0.712 bits per heavy atom. The Kier molecular flexibility index (Phi) is 11.8. The molecular formula is C30H36N6O12S4. The minimum atomic E-state index is -4.40. The molecule has 0 saturated heterocycles. The molecular weight excluding hydrogens is 765 g/mol. The molecule has 5 rings (SSSR count). The van der Waals surface area contributed by atoms with Gasteiger partial charge in [0.25, 0.3) is 11.4 Å². The topological polar surface area (TPSA) is 271 Å². The van der Waals surface area contributed by atoms with Gasteiger partial charge in [-0.05, 0) is 68.1 Å². The highest BCUT2D eigenvalue weighted by atomic mass is 32.2. The van der Waals surface area contributed by atoms with Crippen LogP contribution >= 0.6 is 0 Å². The van der Waals surface area contributed by atoms with Crippen LogP contribution in [0.5, 0.6) is 0 Å². The zero-order chi connectivity index (χ0) is 37.9. The Bertz CT molecular complexity index is 2100. The van der Waals surface area contributed by atoms with Gasteiger partial charge in [-0.3, -0.25) is 20.2 Å². The molecule has 3 aromatic carbocycles. The maximum absolute atomic E-state index is 13.6. The minimum Gasteiger partial charge on any atom is -0.258 e. The number of nitro benzene ring substituents is 2. The van der Waals surface area contributed by atoms with E-state index in [0.29, 0.717) is 25.7 Å². The van der Waals surface area contributed by atoms with Crippen molar-refractivity contribution in [2.24, 2.45) is 0 Å². The average molecular weight is 801 g/mol. The number of sulfonamides is 4. The lowest BCUT2D eigenvalue weighted by molar-refractivity contribution is -0.385. The van der Waals surface area contributed by atoms with Gasteiger partial charge in [0.1, 0.15) is 0 Å². The highest BCUT2D eigenvalue weighted by Crippen LogP contribution is 2.27. The fourth-order valence-electron chi connectivity index (χ4n) is 6.20. The molecule has 18 nitrogen and oxygen atoms in total. The molecule has 2 fully saturated rings. The Balaban J connectivity index is 1.30. The van der Waals surface area contributed by atoms with Gasteiger partial charge in [0, 0.05) is 48.4 Å². The molecule has 0 spiro atoms. The zero-order valence-electron chi connectivity index (χ0n) is 27.3. The molecule has 52 heavy (non-hydrogen) atoms. The second-order valence-corrected chi connectivity index (χ2v) is 19.3. The van der Waals surface area contributed by atoms with Crippen LogP contribution in [0.15, 0.2) is 92.4 Å². The molecule has 22 heteroatoms. The number of rotatable bonds is 14. The number of hydrogen-bond donors (Lipinski definition) is 4. The van der Waals surface area contributed by atoms with Gasteiger partial charge in [0.15, 0.2) is 0 Å². The molecule has 0 unspecified atom stereocenters. The second-order valence-electron chi connectivity index (χ2n) is 12.5. The molecule has 0 amide bonds. The summed E-state index contributed by atoms with van der Waals surface area (Å²) in [5, 5.41) is 21.9. The third-order valence-electron chi connectivity index (χ3n) is 8.90. The van der Waals surface area contributed by atoms with Gasteiger partial charge < -0.3 is 0 Å². The number of non-ortho nitro benzene ring substituents is 2. The van der Waals surface area contributed by atoms with E-state index in [1.54, 1.807) is 0 Å². The molecule has 0 aliphatic heterocycles. The van der Waals surface area contributed by atoms with Crippen molar-refractivity contribution < 1.29 is 43.5 Å². The van der Waals surface area contributed by atoms with Crippen molar-refractivity contribution in [3.05, 3.63) is 93.0 Å². The molecule has 2 aliphatic carbocycles. The number of nitro groups is 2. The first-order valence-electron chi connectivity index (χ1n) is 16.1. The van der Waals surface area contributed by atoms with E-state index in [0.717, 1.165) is 54.6 Å². The standard InChI is InChI=1S/C30H36N6O12S4/c37-35(38)21-12-16-23(17-13-21)49(41,42)31-27-8-1-3-10-29(27)33-51(45,46)25-6-5-7-26(20-25)52(47,48)34-30-11-4-2-9-28(30)32-50(43,44)24-18-14-22(15-19-24)36(39)40/h5-7,12-20,27-34H,1-4,8-11H2/t27-,28-,29-,30-/m1/s1. The van der Waals surface area contributed by atoms with Gasteiger partial charge in [-0.2, -0.15) is 0 Å². The van der Waals surface area contributed by atoms with E-state index in [1.165, 1.54) is 18.2 Å². The Morgan fingerprint density at radius 3 is 0.981 bits per heavy atom. The van der Waals surface area contributed by atoms with Crippen molar-refractivity contribution in [1.82, 2.24) is 18.9 Å². The maximum atomic E-state index is 13.6. The fourth-order valence-corrected chi connectivity index (χ4v) is 11.6. The lowest BCUT2D eigenvalue weighted by Gasteiger charge is -2.32. The SMILES string of the molecule is O=[N+]([O-])c1ccc(S(=O)(=O)N[C@@H]2CCCC[C@H]2NS(=O)(=O)c2cccc(S(=O)(=O)N[C@@H]3CCCC[C@H]3NS(=O)(=O)c3ccc([N+](=O)[O-])cc3)c2)cc1. The van der Waals surface area contributed by atoms with E-state index < -0.39 is 83.9 Å². The smallest absolute Gasteiger partial charge is 0.258 e. The lowest BCUT2D eigenvalue weighted by Crippen LogP contribution is -2.53. The Morgan fingerprint density at radius 1 is 0.442 bits per heavy atom. The molecule has 282 valence electrons. The van der Waals surface area contributed by atoms with Crippen LogP contribution in [0, 0.1) is 20.2 Å². The highest BCUT2D eigenvalue weighted by Gasteiger charge is 2.35. The van der Waals surface area contributed by atoms with E-state index in [-0.39, 0.29) is 46.8 Å². The van der Waals surface area contributed by atoms with E-state index >= 15 is 0 Å². The predicted molar refractivity (Wildman–Crippen MR) is 186 cm³/mol. The fraction of sp³-hybridized carbons (Fsp3) is 0.400. The normalized spacial score (nSPS) is 21.7. The zero-order valence-corrected chi connectivity index (χ0v) is 30.6. The second kappa shape index (κ2) is 15.6.